The molecule has 3 nitrogen and oxygen atoms in total. The van der Waals surface area contributed by atoms with E-state index in [0.717, 1.165) is 11.3 Å². The molecule has 0 heterocycles. The highest BCUT2D eigenvalue weighted by Gasteiger charge is 1.92. The lowest BCUT2D eigenvalue weighted by Gasteiger charge is -2.01. The summed E-state index contributed by atoms with van der Waals surface area (Å²) < 4.78 is 0. The largest absolute Gasteiger partial charge is 0.285 e. The van der Waals surface area contributed by atoms with Crippen molar-refractivity contribution in [2.45, 2.75) is 6.92 Å². The number of rotatable bonds is 2. The Kier molecular flexibility index (Phi) is 2.80. The molecule has 0 amide bonds. The lowest BCUT2D eigenvalue weighted by atomic mass is 10.2. The first-order valence-corrected chi connectivity index (χ1v) is 3.85. The summed E-state index contributed by atoms with van der Waals surface area (Å²) in [6, 6.07) is 7.91. The minimum absolute atomic E-state index is 0.922. The Hall–Kier alpha value is -1.38. The molecule has 0 radical (unpaired) electrons. The molecule has 64 valence electrons. The molecule has 1 aromatic rings. The summed E-state index contributed by atoms with van der Waals surface area (Å²) in [5.41, 5.74) is 2.06. The van der Waals surface area contributed by atoms with Crippen molar-refractivity contribution in [2.75, 3.05) is 14.1 Å². The van der Waals surface area contributed by atoms with Crippen LogP contribution in [-0.2, 0) is 0 Å². The Bertz CT molecular complexity index is 279. The molecule has 0 bridgehead atoms. The summed E-state index contributed by atoms with van der Waals surface area (Å²) in [6.07, 6.45) is 0. The maximum atomic E-state index is 4.06. The van der Waals surface area contributed by atoms with Gasteiger partial charge in [-0.2, -0.15) is 0 Å². The van der Waals surface area contributed by atoms with Gasteiger partial charge in [0.25, 0.3) is 0 Å². The highest BCUT2D eigenvalue weighted by atomic mass is 15.5. The van der Waals surface area contributed by atoms with Crippen LogP contribution in [0.15, 0.2) is 34.6 Å². The quantitative estimate of drug-likeness (QED) is 0.486. The van der Waals surface area contributed by atoms with Gasteiger partial charge in [-0.25, -0.2) is 0 Å². The Morgan fingerprint density at radius 3 is 2.42 bits per heavy atom. The molecule has 0 fully saturated rings. The third-order valence-corrected chi connectivity index (χ3v) is 1.45. The first-order chi connectivity index (χ1) is 5.70. The van der Waals surface area contributed by atoms with E-state index in [1.807, 2.05) is 45.3 Å². The van der Waals surface area contributed by atoms with Crippen LogP contribution >= 0.6 is 0 Å². The van der Waals surface area contributed by atoms with Crippen molar-refractivity contribution in [2.24, 2.45) is 10.3 Å². The predicted octanol–water partition coefficient (Wildman–Crippen LogP) is 2.56. The third-order valence-electron chi connectivity index (χ3n) is 1.45. The Balaban J connectivity index is 2.82. The van der Waals surface area contributed by atoms with Crippen LogP contribution in [0.1, 0.15) is 5.56 Å². The zero-order valence-electron chi connectivity index (χ0n) is 7.65. The average molecular weight is 163 g/mol. The van der Waals surface area contributed by atoms with Crippen LogP contribution in [0.2, 0.25) is 0 Å². The van der Waals surface area contributed by atoms with E-state index in [2.05, 4.69) is 10.3 Å². The Labute approximate surface area is 72.7 Å². The fourth-order valence-electron chi connectivity index (χ4n) is 0.813. The van der Waals surface area contributed by atoms with Gasteiger partial charge in [0.05, 0.1) is 5.69 Å². The van der Waals surface area contributed by atoms with Gasteiger partial charge in [-0.05, 0) is 18.6 Å². The zero-order chi connectivity index (χ0) is 8.97. The highest BCUT2D eigenvalue weighted by molar-refractivity contribution is 5.43. The number of benzene rings is 1. The fourth-order valence-corrected chi connectivity index (χ4v) is 0.813. The second kappa shape index (κ2) is 3.85. The number of hydrogen-bond donors (Lipinski definition) is 0. The monoisotopic (exact) mass is 163 g/mol. The van der Waals surface area contributed by atoms with E-state index in [9.17, 15) is 0 Å². The maximum Gasteiger partial charge on any atom is 0.0903 e. The second-order valence-electron chi connectivity index (χ2n) is 2.82. The van der Waals surface area contributed by atoms with Crippen LogP contribution in [0.25, 0.3) is 0 Å². The lowest BCUT2D eigenvalue weighted by molar-refractivity contribution is 0.408. The van der Waals surface area contributed by atoms with Gasteiger partial charge in [0, 0.05) is 14.1 Å². The smallest absolute Gasteiger partial charge is 0.0903 e. The molecule has 0 saturated carbocycles. The van der Waals surface area contributed by atoms with Crippen LogP contribution in [-0.4, -0.2) is 19.1 Å². The lowest BCUT2D eigenvalue weighted by Crippen LogP contribution is -1.98. The molecule has 0 aromatic heterocycles. The fraction of sp³-hybridized carbons (Fsp3) is 0.333. The Morgan fingerprint density at radius 1 is 1.17 bits per heavy atom. The molecule has 12 heavy (non-hydrogen) atoms. The van der Waals surface area contributed by atoms with Crippen LogP contribution in [0.4, 0.5) is 5.69 Å². The molecular formula is C9H13N3. The van der Waals surface area contributed by atoms with Gasteiger partial charge in [0.2, 0.25) is 0 Å². The van der Waals surface area contributed by atoms with Crippen molar-refractivity contribution in [3.05, 3.63) is 29.8 Å². The molecule has 1 aromatic carbocycles. The normalized spacial score (nSPS) is 10.6. The first kappa shape index (κ1) is 8.71. The molecular weight excluding hydrogens is 150 g/mol. The van der Waals surface area contributed by atoms with Crippen molar-refractivity contribution in [3.63, 3.8) is 0 Å². The average Bonchev–Trinajstić information content (AvgIpc) is 2.03. The SMILES string of the molecule is Cc1ccccc1/N=N/N(C)C. The van der Waals surface area contributed by atoms with E-state index >= 15 is 0 Å². The number of nitrogens with zero attached hydrogens (tertiary/aromatic N) is 3. The van der Waals surface area contributed by atoms with E-state index in [0.29, 0.717) is 0 Å². The van der Waals surface area contributed by atoms with Crippen LogP contribution < -0.4 is 0 Å². The van der Waals surface area contributed by atoms with Gasteiger partial charge in [-0.1, -0.05) is 23.4 Å². The number of aryl methyl sites for hydroxylation is 1. The van der Waals surface area contributed by atoms with E-state index in [1.54, 1.807) is 5.01 Å². The van der Waals surface area contributed by atoms with E-state index in [1.165, 1.54) is 0 Å². The minimum Gasteiger partial charge on any atom is -0.285 e. The topological polar surface area (TPSA) is 28.0 Å². The molecule has 0 spiro atoms. The molecule has 0 aliphatic carbocycles. The summed E-state index contributed by atoms with van der Waals surface area (Å²) in [5, 5.41) is 9.64. The molecule has 0 N–H and O–H groups in total. The minimum atomic E-state index is 0.922. The molecule has 0 saturated heterocycles. The maximum absolute atomic E-state index is 4.06. The second-order valence-corrected chi connectivity index (χ2v) is 2.82. The highest BCUT2D eigenvalue weighted by Crippen LogP contribution is 2.17. The van der Waals surface area contributed by atoms with Gasteiger partial charge < -0.3 is 0 Å². The van der Waals surface area contributed by atoms with Crippen molar-refractivity contribution in [3.8, 4) is 0 Å². The molecule has 0 aliphatic heterocycles. The van der Waals surface area contributed by atoms with Crippen molar-refractivity contribution in [1.82, 2.24) is 5.01 Å². The van der Waals surface area contributed by atoms with Gasteiger partial charge in [0.1, 0.15) is 0 Å². The summed E-state index contributed by atoms with van der Waals surface area (Å²) in [5.74, 6) is 0. The Morgan fingerprint density at radius 2 is 1.83 bits per heavy atom. The van der Waals surface area contributed by atoms with Gasteiger partial charge in [0.15, 0.2) is 0 Å². The van der Waals surface area contributed by atoms with Crippen LogP contribution in [0.5, 0.6) is 0 Å². The standard InChI is InChI=1S/C9H13N3/c1-8-6-4-5-7-9(8)10-11-12(2)3/h4-7H,1-3H3/b11-10+. The first-order valence-electron chi connectivity index (χ1n) is 3.85. The van der Waals surface area contributed by atoms with Gasteiger partial charge >= 0.3 is 0 Å². The molecule has 0 aliphatic rings. The van der Waals surface area contributed by atoms with Crippen LogP contribution in [0.3, 0.4) is 0 Å². The van der Waals surface area contributed by atoms with E-state index < -0.39 is 0 Å². The van der Waals surface area contributed by atoms with Gasteiger partial charge in [-0.15, -0.1) is 5.11 Å². The zero-order valence-corrected chi connectivity index (χ0v) is 7.65. The van der Waals surface area contributed by atoms with Crippen LogP contribution in [0, 0.1) is 6.92 Å². The molecule has 0 unspecified atom stereocenters. The summed E-state index contributed by atoms with van der Waals surface area (Å²) >= 11 is 0. The van der Waals surface area contributed by atoms with Crippen molar-refractivity contribution < 1.29 is 0 Å². The number of hydrogen-bond acceptors (Lipinski definition) is 2. The predicted molar refractivity (Wildman–Crippen MR) is 49.4 cm³/mol. The third kappa shape index (κ3) is 2.34. The van der Waals surface area contributed by atoms with E-state index in [-0.39, 0.29) is 0 Å². The molecule has 3 heteroatoms. The van der Waals surface area contributed by atoms with E-state index in [4.69, 9.17) is 0 Å². The summed E-state index contributed by atoms with van der Waals surface area (Å²) in [6.45, 7) is 2.02. The summed E-state index contributed by atoms with van der Waals surface area (Å²) in [7, 11) is 3.70. The molecule has 0 atom stereocenters. The van der Waals surface area contributed by atoms with Gasteiger partial charge in [-0.3, -0.25) is 5.01 Å². The summed E-state index contributed by atoms with van der Waals surface area (Å²) in [4.78, 5) is 0. The molecule has 1 rings (SSSR count). The van der Waals surface area contributed by atoms with Crippen molar-refractivity contribution >= 4 is 5.69 Å². The van der Waals surface area contributed by atoms with Crippen molar-refractivity contribution in [1.29, 1.82) is 0 Å².